The van der Waals surface area contributed by atoms with E-state index in [9.17, 15) is 14.4 Å². The van der Waals surface area contributed by atoms with Gasteiger partial charge in [-0.1, -0.05) is 6.42 Å². The minimum absolute atomic E-state index is 0.0989. The Labute approximate surface area is 156 Å². The van der Waals surface area contributed by atoms with E-state index in [0.29, 0.717) is 22.5 Å². The maximum Gasteiger partial charge on any atom is 0.330 e. The SMILES string of the molecule is C[C@H](NC(=O)c1cnc2c(c1)c(=O)[nH]c(=O)n2C1CC1)[C@@H]1C[C@H]2CC[C@H]1C2. The molecule has 3 saturated carbocycles. The molecule has 27 heavy (non-hydrogen) atoms. The molecule has 7 nitrogen and oxygen atoms in total. The molecular weight excluding hydrogens is 344 g/mol. The number of aromatic amines is 1. The van der Waals surface area contributed by atoms with Gasteiger partial charge in [-0.2, -0.15) is 0 Å². The Morgan fingerprint density at radius 3 is 2.74 bits per heavy atom. The van der Waals surface area contributed by atoms with Crippen LogP contribution in [0.25, 0.3) is 11.0 Å². The number of hydrogen-bond acceptors (Lipinski definition) is 4. The Hall–Kier alpha value is -2.44. The molecule has 0 spiro atoms. The van der Waals surface area contributed by atoms with E-state index >= 15 is 0 Å². The van der Waals surface area contributed by atoms with Gasteiger partial charge in [0.15, 0.2) is 0 Å². The number of fused-ring (bicyclic) bond motifs is 3. The van der Waals surface area contributed by atoms with Gasteiger partial charge in [0.05, 0.1) is 10.9 Å². The number of hydrogen-bond donors (Lipinski definition) is 2. The zero-order chi connectivity index (χ0) is 18.7. The van der Waals surface area contributed by atoms with Crippen LogP contribution in [0.3, 0.4) is 0 Å². The van der Waals surface area contributed by atoms with Crippen LogP contribution in [0.1, 0.15) is 61.8 Å². The van der Waals surface area contributed by atoms with Crippen molar-refractivity contribution in [3.8, 4) is 0 Å². The first-order chi connectivity index (χ1) is 13.0. The first-order valence-electron chi connectivity index (χ1n) is 9.96. The molecule has 3 aliphatic rings. The highest BCUT2D eigenvalue weighted by Gasteiger charge is 2.42. The molecular formula is C20H24N4O3. The minimum Gasteiger partial charge on any atom is -0.349 e. The molecule has 0 saturated heterocycles. The van der Waals surface area contributed by atoms with E-state index in [0.717, 1.165) is 24.7 Å². The van der Waals surface area contributed by atoms with Crippen molar-refractivity contribution in [1.29, 1.82) is 0 Å². The highest BCUT2D eigenvalue weighted by atomic mass is 16.2. The van der Waals surface area contributed by atoms with Crippen LogP contribution in [0, 0.1) is 17.8 Å². The zero-order valence-electron chi connectivity index (χ0n) is 15.4. The summed E-state index contributed by atoms with van der Waals surface area (Å²) in [5, 5.41) is 3.40. The Kier molecular flexibility index (Phi) is 3.74. The maximum absolute atomic E-state index is 12.7. The van der Waals surface area contributed by atoms with E-state index in [1.54, 1.807) is 6.07 Å². The van der Waals surface area contributed by atoms with Crippen LogP contribution < -0.4 is 16.6 Å². The van der Waals surface area contributed by atoms with Gasteiger partial charge in [-0.25, -0.2) is 9.78 Å². The van der Waals surface area contributed by atoms with Crippen LogP contribution in [0.5, 0.6) is 0 Å². The van der Waals surface area contributed by atoms with E-state index in [1.807, 2.05) is 0 Å². The molecule has 2 aromatic heterocycles. The second-order valence-electron chi connectivity index (χ2n) is 8.56. The lowest BCUT2D eigenvalue weighted by atomic mass is 9.84. The normalized spacial score (nSPS) is 27.8. The first-order valence-corrected chi connectivity index (χ1v) is 9.96. The molecule has 1 amide bonds. The van der Waals surface area contributed by atoms with E-state index < -0.39 is 11.2 Å². The molecule has 2 N–H and O–H groups in total. The van der Waals surface area contributed by atoms with Crippen LogP contribution >= 0.6 is 0 Å². The molecule has 2 aromatic rings. The quantitative estimate of drug-likeness (QED) is 0.862. The molecule has 7 heteroatoms. The average molecular weight is 368 g/mol. The van der Waals surface area contributed by atoms with Crippen molar-refractivity contribution >= 4 is 16.9 Å². The number of nitrogens with one attached hydrogen (secondary N) is 2. The topological polar surface area (TPSA) is 96.8 Å². The van der Waals surface area contributed by atoms with Gasteiger partial charge in [-0.15, -0.1) is 0 Å². The van der Waals surface area contributed by atoms with Gasteiger partial charge >= 0.3 is 5.69 Å². The Morgan fingerprint density at radius 1 is 1.26 bits per heavy atom. The van der Waals surface area contributed by atoms with Gasteiger partial charge in [-0.05, 0) is 62.8 Å². The van der Waals surface area contributed by atoms with Gasteiger partial charge < -0.3 is 5.32 Å². The lowest BCUT2D eigenvalue weighted by Gasteiger charge is -2.28. The summed E-state index contributed by atoms with van der Waals surface area (Å²) in [7, 11) is 0. The highest BCUT2D eigenvalue weighted by molar-refractivity contribution is 5.96. The smallest absolute Gasteiger partial charge is 0.330 e. The molecule has 0 aliphatic heterocycles. The summed E-state index contributed by atoms with van der Waals surface area (Å²) >= 11 is 0. The van der Waals surface area contributed by atoms with E-state index in [-0.39, 0.29) is 18.0 Å². The molecule has 0 radical (unpaired) electrons. The molecule has 0 aromatic carbocycles. The number of nitrogens with zero attached hydrogens (tertiary/aromatic N) is 2. The van der Waals surface area contributed by atoms with Crippen molar-refractivity contribution < 1.29 is 4.79 Å². The predicted octanol–water partition coefficient (Wildman–Crippen LogP) is 1.97. The van der Waals surface area contributed by atoms with Crippen molar-refractivity contribution in [2.24, 2.45) is 17.8 Å². The number of pyridine rings is 1. The van der Waals surface area contributed by atoms with Gasteiger partial charge in [0.2, 0.25) is 0 Å². The summed E-state index contributed by atoms with van der Waals surface area (Å²) in [6, 6.07) is 1.77. The fourth-order valence-corrected chi connectivity index (χ4v) is 5.24. The summed E-state index contributed by atoms with van der Waals surface area (Å²) in [4.78, 5) is 43.7. The number of carbonyl (C=O) groups excluding carboxylic acids is 1. The monoisotopic (exact) mass is 368 g/mol. The number of aromatic nitrogens is 3. The summed E-state index contributed by atoms with van der Waals surface area (Å²) < 4.78 is 1.54. The summed E-state index contributed by atoms with van der Waals surface area (Å²) in [5.41, 5.74) is -0.187. The Morgan fingerprint density at radius 2 is 2.07 bits per heavy atom. The van der Waals surface area contributed by atoms with Crippen LogP contribution in [-0.4, -0.2) is 26.5 Å². The van der Waals surface area contributed by atoms with E-state index in [2.05, 4.69) is 22.2 Å². The molecule has 142 valence electrons. The predicted molar refractivity (Wildman–Crippen MR) is 101 cm³/mol. The molecule has 5 rings (SSSR count). The zero-order valence-corrected chi connectivity index (χ0v) is 15.4. The Bertz CT molecular complexity index is 1040. The lowest BCUT2D eigenvalue weighted by molar-refractivity contribution is 0.0915. The number of rotatable bonds is 4. The largest absolute Gasteiger partial charge is 0.349 e. The van der Waals surface area contributed by atoms with E-state index in [1.165, 1.54) is 36.4 Å². The fourth-order valence-electron chi connectivity index (χ4n) is 5.24. The summed E-state index contributed by atoms with van der Waals surface area (Å²) in [6.45, 7) is 2.08. The molecule has 3 fully saturated rings. The van der Waals surface area contributed by atoms with Crippen LogP contribution in [0.2, 0.25) is 0 Å². The van der Waals surface area contributed by atoms with Crippen molar-refractivity contribution in [3.63, 3.8) is 0 Å². The van der Waals surface area contributed by atoms with Gasteiger partial charge in [0.1, 0.15) is 5.65 Å². The molecule has 3 aliphatic carbocycles. The van der Waals surface area contributed by atoms with Crippen molar-refractivity contribution in [1.82, 2.24) is 19.9 Å². The maximum atomic E-state index is 12.7. The van der Waals surface area contributed by atoms with Gasteiger partial charge in [0, 0.05) is 18.3 Å². The minimum atomic E-state index is -0.491. The summed E-state index contributed by atoms with van der Waals surface area (Å²) in [6.07, 6.45) is 8.41. The van der Waals surface area contributed by atoms with Crippen LogP contribution in [0.15, 0.2) is 21.9 Å². The third kappa shape index (κ3) is 2.80. The molecule has 2 bridgehead atoms. The Balaban J connectivity index is 1.42. The molecule has 4 atom stereocenters. The third-order valence-electron chi connectivity index (χ3n) is 6.75. The van der Waals surface area contributed by atoms with Crippen LogP contribution in [0.4, 0.5) is 0 Å². The number of H-pyrrole nitrogens is 1. The lowest BCUT2D eigenvalue weighted by Crippen LogP contribution is -2.40. The summed E-state index contributed by atoms with van der Waals surface area (Å²) in [5.74, 6) is 1.91. The fraction of sp³-hybridized carbons (Fsp3) is 0.600. The first kappa shape index (κ1) is 16.7. The van der Waals surface area contributed by atoms with Crippen molar-refractivity contribution in [3.05, 3.63) is 38.7 Å². The average Bonchev–Trinajstić information content (AvgIpc) is 3.24. The molecule has 2 heterocycles. The highest BCUT2D eigenvalue weighted by Crippen LogP contribution is 2.49. The standard InChI is InChI=1S/C20H24N4O3/c1-10(15-7-11-2-3-12(15)6-11)22-18(25)13-8-16-17(21-9-13)24(14-4-5-14)20(27)23-19(16)26/h8-12,14-15H,2-7H2,1H3,(H,22,25)(H,23,26,27)/t10-,11-,12-,15-/m0/s1. The van der Waals surface area contributed by atoms with E-state index in [4.69, 9.17) is 0 Å². The van der Waals surface area contributed by atoms with Crippen molar-refractivity contribution in [2.75, 3.05) is 0 Å². The number of amides is 1. The molecule has 0 unspecified atom stereocenters. The van der Waals surface area contributed by atoms with Crippen molar-refractivity contribution in [2.45, 2.75) is 57.5 Å². The van der Waals surface area contributed by atoms with Gasteiger partial charge in [-0.3, -0.25) is 19.1 Å². The second kappa shape index (κ2) is 6.04. The van der Waals surface area contributed by atoms with Crippen LogP contribution in [-0.2, 0) is 0 Å². The third-order valence-corrected chi connectivity index (χ3v) is 6.75. The van der Waals surface area contributed by atoms with Gasteiger partial charge in [0.25, 0.3) is 11.5 Å². The second-order valence-corrected chi connectivity index (χ2v) is 8.56. The number of carbonyl (C=O) groups is 1.